The third-order valence-electron chi connectivity index (χ3n) is 6.18. The molecular weight excluding hydrogens is 394 g/mol. The van der Waals surface area contributed by atoms with Crippen LogP contribution in [-0.2, 0) is 12.8 Å². The van der Waals surface area contributed by atoms with Gasteiger partial charge in [0.1, 0.15) is 11.8 Å². The Morgan fingerprint density at radius 3 is 2.63 bits per heavy atom. The lowest BCUT2D eigenvalue weighted by atomic mass is 9.97. The van der Waals surface area contributed by atoms with E-state index < -0.39 is 0 Å². The first-order valence-corrected chi connectivity index (χ1v) is 11.3. The summed E-state index contributed by atoms with van der Waals surface area (Å²) in [6, 6.07) is 5.27. The van der Waals surface area contributed by atoms with E-state index in [1.165, 1.54) is 27.5 Å². The third-order valence-corrected chi connectivity index (χ3v) is 7.50. The SMILES string of the molecule is N#Cc1ccc(C(=O)N2CCC(c3nc4c(s3)CCN(C3=CC=C3)CC4)CC2)cn1. The van der Waals surface area contributed by atoms with Crippen LogP contribution in [0.3, 0.4) is 0 Å². The maximum atomic E-state index is 12.7. The van der Waals surface area contributed by atoms with Crippen molar-refractivity contribution in [1.82, 2.24) is 19.8 Å². The number of nitrogens with zero attached hydrogens (tertiary/aromatic N) is 5. The molecule has 2 aliphatic heterocycles. The lowest BCUT2D eigenvalue weighted by Crippen LogP contribution is -2.38. The fourth-order valence-electron chi connectivity index (χ4n) is 4.31. The molecule has 2 aromatic rings. The van der Waals surface area contributed by atoms with Gasteiger partial charge < -0.3 is 9.80 Å². The van der Waals surface area contributed by atoms with Gasteiger partial charge in [0.25, 0.3) is 5.91 Å². The molecule has 5 rings (SSSR count). The highest BCUT2D eigenvalue weighted by molar-refractivity contribution is 7.11. The number of hydrogen-bond acceptors (Lipinski definition) is 6. The molecule has 1 saturated heterocycles. The zero-order valence-electron chi connectivity index (χ0n) is 16.8. The van der Waals surface area contributed by atoms with Crippen LogP contribution in [0.5, 0.6) is 0 Å². The minimum Gasteiger partial charge on any atom is -0.371 e. The second-order valence-corrected chi connectivity index (χ2v) is 9.09. The Balaban J connectivity index is 1.19. The molecule has 0 atom stereocenters. The van der Waals surface area contributed by atoms with Crippen molar-refractivity contribution in [1.29, 1.82) is 5.26 Å². The third kappa shape index (κ3) is 3.63. The molecule has 0 saturated carbocycles. The summed E-state index contributed by atoms with van der Waals surface area (Å²) in [6.07, 6.45) is 12.0. The second-order valence-electron chi connectivity index (χ2n) is 7.97. The van der Waals surface area contributed by atoms with Gasteiger partial charge in [-0.25, -0.2) is 9.97 Å². The predicted octanol–water partition coefficient (Wildman–Crippen LogP) is 3.28. The first kappa shape index (κ1) is 19.0. The molecule has 0 spiro atoms. The van der Waals surface area contributed by atoms with Crippen LogP contribution in [0.15, 0.2) is 42.3 Å². The first-order valence-electron chi connectivity index (χ1n) is 10.5. The number of nitriles is 1. The number of thiazole rings is 1. The van der Waals surface area contributed by atoms with Crippen LogP contribution in [0.25, 0.3) is 0 Å². The molecule has 2 aromatic heterocycles. The van der Waals surface area contributed by atoms with E-state index in [9.17, 15) is 4.79 Å². The molecule has 0 bridgehead atoms. The van der Waals surface area contributed by atoms with E-state index in [0.717, 1.165) is 51.9 Å². The molecule has 6 nitrogen and oxygen atoms in total. The number of hydrogen-bond donors (Lipinski definition) is 0. The van der Waals surface area contributed by atoms with Crippen molar-refractivity contribution in [3.05, 3.63) is 69.1 Å². The molecule has 0 radical (unpaired) electrons. The minimum atomic E-state index is -0.000185. The van der Waals surface area contributed by atoms with E-state index in [1.807, 2.05) is 22.3 Å². The maximum Gasteiger partial charge on any atom is 0.255 e. The standard InChI is InChI=1S/C23H23N5OS/c24-14-18-5-4-17(15-25-18)23(29)28-10-6-16(7-11-28)22-26-20-8-12-27(19-2-1-3-19)13-9-21(20)30-22/h1-5,15-16H,6-13H2. The van der Waals surface area contributed by atoms with Crippen LogP contribution in [0.4, 0.5) is 0 Å². The Morgan fingerprint density at radius 2 is 1.97 bits per heavy atom. The van der Waals surface area contributed by atoms with Crippen molar-refractivity contribution >= 4 is 17.2 Å². The van der Waals surface area contributed by atoms with Crippen molar-refractivity contribution in [2.75, 3.05) is 26.2 Å². The average molecular weight is 418 g/mol. The Hall–Kier alpha value is -2.98. The second kappa shape index (κ2) is 8.04. The molecule has 7 heteroatoms. The topological polar surface area (TPSA) is 73.1 Å². The number of carbonyl (C=O) groups is 1. The van der Waals surface area contributed by atoms with E-state index in [0.29, 0.717) is 17.2 Å². The summed E-state index contributed by atoms with van der Waals surface area (Å²) < 4.78 is 0. The number of likely N-dealkylation sites (tertiary alicyclic amines) is 1. The summed E-state index contributed by atoms with van der Waals surface area (Å²) in [4.78, 5) is 27.6. The van der Waals surface area contributed by atoms with Crippen LogP contribution in [0, 0.1) is 11.3 Å². The Kier molecular flexibility index (Phi) is 5.09. The molecule has 152 valence electrons. The summed E-state index contributed by atoms with van der Waals surface area (Å²) in [5, 5.41) is 10.1. The van der Waals surface area contributed by atoms with E-state index in [1.54, 1.807) is 12.1 Å². The lowest BCUT2D eigenvalue weighted by molar-refractivity contribution is 0.0712. The number of amides is 1. The van der Waals surface area contributed by atoms with Crippen LogP contribution in [0.2, 0.25) is 0 Å². The van der Waals surface area contributed by atoms with Crippen LogP contribution in [-0.4, -0.2) is 51.9 Å². The molecule has 4 heterocycles. The van der Waals surface area contributed by atoms with Crippen LogP contribution >= 0.6 is 11.3 Å². The van der Waals surface area contributed by atoms with Gasteiger partial charge in [-0.15, -0.1) is 11.3 Å². The highest BCUT2D eigenvalue weighted by Crippen LogP contribution is 2.34. The van der Waals surface area contributed by atoms with E-state index in [-0.39, 0.29) is 5.91 Å². The van der Waals surface area contributed by atoms with Gasteiger partial charge in [-0.1, -0.05) is 6.08 Å². The van der Waals surface area contributed by atoms with E-state index in [2.05, 4.69) is 28.1 Å². The van der Waals surface area contributed by atoms with Gasteiger partial charge >= 0.3 is 0 Å². The number of fused-ring (bicyclic) bond motifs is 1. The lowest BCUT2D eigenvalue weighted by Gasteiger charge is -2.31. The Bertz CT molecular complexity index is 1030. The minimum absolute atomic E-state index is 0.000185. The summed E-state index contributed by atoms with van der Waals surface area (Å²) in [5.74, 6) is 0.443. The molecule has 0 aromatic carbocycles. The van der Waals surface area contributed by atoms with Crippen molar-refractivity contribution in [3.63, 3.8) is 0 Å². The normalized spacial score (nSPS) is 18.8. The number of rotatable bonds is 3. The number of carbonyl (C=O) groups excluding carboxylic acids is 1. The van der Waals surface area contributed by atoms with Gasteiger partial charge in [0.05, 0.1) is 16.3 Å². The molecular formula is C23H23N5OS. The van der Waals surface area contributed by atoms with Crippen LogP contribution < -0.4 is 0 Å². The predicted molar refractivity (Wildman–Crippen MR) is 115 cm³/mol. The van der Waals surface area contributed by atoms with Crippen molar-refractivity contribution in [2.24, 2.45) is 0 Å². The van der Waals surface area contributed by atoms with Crippen LogP contribution in [0.1, 0.15) is 50.4 Å². The fourth-order valence-corrected chi connectivity index (χ4v) is 5.58. The number of allylic oxidation sites excluding steroid dienone is 3. The quantitative estimate of drug-likeness (QED) is 0.766. The number of pyridine rings is 1. The van der Waals surface area contributed by atoms with Crippen molar-refractivity contribution in [3.8, 4) is 6.07 Å². The van der Waals surface area contributed by atoms with E-state index in [4.69, 9.17) is 10.2 Å². The monoisotopic (exact) mass is 417 g/mol. The zero-order valence-corrected chi connectivity index (χ0v) is 17.6. The molecule has 3 aliphatic rings. The molecule has 1 amide bonds. The molecule has 1 aliphatic carbocycles. The summed E-state index contributed by atoms with van der Waals surface area (Å²) in [5.41, 5.74) is 3.51. The molecule has 0 N–H and O–H groups in total. The average Bonchev–Trinajstić information content (AvgIpc) is 3.07. The summed E-state index contributed by atoms with van der Waals surface area (Å²) >= 11 is 1.89. The summed E-state index contributed by atoms with van der Waals surface area (Å²) in [7, 11) is 0. The number of aromatic nitrogens is 2. The zero-order chi connectivity index (χ0) is 20.5. The van der Waals surface area contributed by atoms with E-state index >= 15 is 0 Å². The van der Waals surface area contributed by atoms with Crippen molar-refractivity contribution in [2.45, 2.75) is 31.6 Å². The largest absolute Gasteiger partial charge is 0.371 e. The smallest absolute Gasteiger partial charge is 0.255 e. The van der Waals surface area contributed by atoms with Gasteiger partial charge in [0, 0.05) is 61.7 Å². The van der Waals surface area contributed by atoms with Gasteiger partial charge in [-0.05, 0) is 37.1 Å². The van der Waals surface area contributed by atoms with Crippen molar-refractivity contribution < 1.29 is 4.79 Å². The molecule has 30 heavy (non-hydrogen) atoms. The molecule has 1 fully saturated rings. The fraction of sp³-hybridized carbons (Fsp3) is 0.391. The molecule has 0 unspecified atom stereocenters. The van der Waals surface area contributed by atoms with Gasteiger partial charge in [0.2, 0.25) is 0 Å². The van der Waals surface area contributed by atoms with Gasteiger partial charge in [-0.3, -0.25) is 4.79 Å². The highest BCUT2D eigenvalue weighted by Gasteiger charge is 2.28. The number of piperidine rings is 1. The highest BCUT2D eigenvalue weighted by atomic mass is 32.1. The maximum absolute atomic E-state index is 12.7. The summed E-state index contributed by atoms with van der Waals surface area (Å²) in [6.45, 7) is 3.58. The van der Waals surface area contributed by atoms with Gasteiger partial charge in [-0.2, -0.15) is 5.26 Å². The van der Waals surface area contributed by atoms with Gasteiger partial charge in [0.15, 0.2) is 0 Å². The first-order chi connectivity index (χ1) is 14.7. The Morgan fingerprint density at radius 1 is 1.17 bits per heavy atom. The Labute approximate surface area is 180 Å².